The molecule has 112 valence electrons. The van der Waals surface area contributed by atoms with E-state index >= 15 is 0 Å². The maximum atomic E-state index is 5.82. The summed E-state index contributed by atoms with van der Waals surface area (Å²) in [5.41, 5.74) is 2.71. The number of benzene rings is 1. The van der Waals surface area contributed by atoms with Gasteiger partial charge in [-0.05, 0) is 56.9 Å². The number of ether oxygens (including phenoxy) is 2. The number of hydrogen-bond donors (Lipinski definition) is 0. The molecule has 0 unspecified atom stereocenters. The molecule has 21 heavy (non-hydrogen) atoms. The average molecular weight is 286 g/mol. The van der Waals surface area contributed by atoms with Gasteiger partial charge in [0.25, 0.3) is 0 Å². The van der Waals surface area contributed by atoms with Crippen LogP contribution in [0, 0.1) is 6.92 Å². The molecule has 1 aromatic carbocycles. The molecule has 0 amide bonds. The molecule has 0 radical (unpaired) electrons. The Morgan fingerprint density at radius 2 is 1.81 bits per heavy atom. The molecule has 1 heterocycles. The van der Waals surface area contributed by atoms with Crippen molar-refractivity contribution in [3.63, 3.8) is 0 Å². The van der Waals surface area contributed by atoms with Crippen LogP contribution < -0.4 is 9.47 Å². The summed E-state index contributed by atoms with van der Waals surface area (Å²) < 4.78 is 13.3. The van der Waals surface area contributed by atoms with E-state index in [9.17, 15) is 0 Å². The van der Waals surface area contributed by atoms with Gasteiger partial charge in [0.15, 0.2) is 0 Å². The SMILES string of the molecule is COc1ccc(OCCn2c(C)nc3c2CCCC3)cc1. The number of rotatable bonds is 5. The number of hydrogen-bond acceptors (Lipinski definition) is 3. The first-order valence-electron chi connectivity index (χ1n) is 7.59. The minimum Gasteiger partial charge on any atom is -0.497 e. The number of nitrogens with zero attached hydrogens (tertiary/aromatic N) is 2. The van der Waals surface area contributed by atoms with Gasteiger partial charge in [0.2, 0.25) is 0 Å². The third-order valence-electron chi connectivity index (χ3n) is 4.07. The van der Waals surface area contributed by atoms with Gasteiger partial charge in [-0.2, -0.15) is 0 Å². The van der Waals surface area contributed by atoms with Gasteiger partial charge in [0.05, 0.1) is 19.3 Å². The highest BCUT2D eigenvalue weighted by Gasteiger charge is 2.17. The van der Waals surface area contributed by atoms with Crippen molar-refractivity contribution in [3.8, 4) is 11.5 Å². The molecule has 0 atom stereocenters. The first-order valence-corrected chi connectivity index (χ1v) is 7.59. The van der Waals surface area contributed by atoms with Gasteiger partial charge in [-0.1, -0.05) is 0 Å². The zero-order valence-corrected chi connectivity index (χ0v) is 12.8. The van der Waals surface area contributed by atoms with Gasteiger partial charge >= 0.3 is 0 Å². The van der Waals surface area contributed by atoms with E-state index in [1.807, 2.05) is 24.3 Å². The van der Waals surface area contributed by atoms with E-state index in [1.165, 1.54) is 24.2 Å². The van der Waals surface area contributed by atoms with Crippen LogP contribution in [0.25, 0.3) is 0 Å². The minimum atomic E-state index is 0.663. The van der Waals surface area contributed by atoms with E-state index in [0.717, 1.165) is 36.7 Å². The lowest BCUT2D eigenvalue weighted by Gasteiger charge is -2.15. The molecule has 0 spiro atoms. The van der Waals surface area contributed by atoms with Gasteiger partial charge in [-0.3, -0.25) is 0 Å². The van der Waals surface area contributed by atoms with Crippen LogP contribution in [0.5, 0.6) is 11.5 Å². The standard InChI is InChI=1S/C17H22N2O2/c1-13-18-16-5-3-4-6-17(16)19(13)11-12-21-15-9-7-14(20-2)8-10-15/h7-10H,3-6,11-12H2,1-2H3. The van der Waals surface area contributed by atoms with Crippen LogP contribution in [0.1, 0.15) is 30.1 Å². The molecular weight excluding hydrogens is 264 g/mol. The predicted molar refractivity (Wildman–Crippen MR) is 82.1 cm³/mol. The summed E-state index contributed by atoms with van der Waals surface area (Å²) in [7, 11) is 1.67. The molecule has 1 aliphatic carbocycles. The van der Waals surface area contributed by atoms with Gasteiger partial charge in [-0.25, -0.2) is 4.98 Å². The fourth-order valence-electron chi connectivity index (χ4n) is 2.96. The molecule has 0 N–H and O–H groups in total. The van der Waals surface area contributed by atoms with Gasteiger partial charge in [0.1, 0.15) is 23.9 Å². The molecule has 4 nitrogen and oxygen atoms in total. The van der Waals surface area contributed by atoms with Gasteiger partial charge in [-0.15, -0.1) is 0 Å². The van der Waals surface area contributed by atoms with Crippen LogP contribution in [0.4, 0.5) is 0 Å². The Bertz CT molecular complexity index is 602. The fraction of sp³-hybridized carbons (Fsp3) is 0.471. The normalized spacial score (nSPS) is 13.8. The van der Waals surface area contributed by atoms with Crippen molar-refractivity contribution in [1.29, 1.82) is 0 Å². The second-order valence-electron chi connectivity index (χ2n) is 5.44. The zero-order valence-electron chi connectivity index (χ0n) is 12.8. The number of aryl methyl sites for hydroxylation is 2. The van der Waals surface area contributed by atoms with Crippen molar-refractivity contribution >= 4 is 0 Å². The average Bonchev–Trinajstić information content (AvgIpc) is 2.84. The van der Waals surface area contributed by atoms with E-state index in [0.29, 0.717) is 6.61 Å². The summed E-state index contributed by atoms with van der Waals surface area (Å²) in [6.07, 6.45) is 4.82. The summed E-state index contributed by atoms with van der Waals surface area (Å²) in [5, 5.41) is 0. The zero-order chi connectivity index (χ0) is 14.7. The maximum absolute atomic E-state index is 5.82. The highest BCUT2D eigenvalue weighted by atomic mass is 16.5. The Labute approximate surface area is 125 Å². The Morgan fingerprint density at radius 3 is 2.57 bits per heavy atom. The van der Waals surface area contributed by atoms with Crippen LogP contribution in [-0.4, -0.2) is 23.3 Å². The lowest BCUT2D eigenvalue weighted by molar-refractivity contribution is 0.294. The van der Waals surface area contributed by atoms with Crippen molar-refractivity contribution in [1.82, 2.24) is 9.55 Å². The summed E-state index contributed by atoms with van der Waals surface area (Å²) in [6.45, 7) is 3.61. The van der Waals surface area contributed by atoms with Crippen LogP contribution >= 0.6 is 0 Å². The fourth-order valence-corrected chi connectivity index (χ4v) is 2.96. The second kappa shape index (κ2) is 6.20. The summed E-state index contributed by atoms with van der Waals surface area (Å²) >= 11 is 0. The van der Waals surface area contributed by atoms with E-state index < -0.39 is 0 Å². The molecule has 0 bridgehead atoms. The van der Waals surface area contributed by atoms with Crippen molar-refractivity contribution in [2.75, 3.05) is 13.7 Å². The Kier molecular flexibility index (Phi) is 4.13. The van der Waals surface area contributed by atoms with E-state index in [-0.39, 0.29) is 0 Å². The van der Waals surface area contributed by atoms with Crippen molar-refractivity contribution in [3.05, 3.63) is 41.5 Å². The Balaban J connectivity index is 1.61. The molecule has 0 fully saturated rings. The van der Waals surface area contributed by atoms with Crippen molar-refractivity contribution in [2.24, 2.45) is 0 Å². The van der Waals surface area contributed by atoms with Crippen LogP contribution in [-0.2, 0) is 19.4 Å². The predicted octanol–water partition coefficient (Wildman–Crippen LogP) is 3.16. The smallest absolute Gasteiger partial charge is 0.119 e. The third-order valence-corrected chi connectivity index (χ3v) is 4.07. The number of methoxy groups -OCH3 is 1. The molecular formula is C17H22N2O2. The number of fused-ring (bicyclic) bond motifs is 1. The molecule has 0 aliphatic heterocycles. The Morgan fingerprint density at radius 1 is 1.10 bits per heavy atom. The number of imidazole rings is 1. The summed E-state index contributed by atoms with van der Waals surface area (Å²) in [4.78, 5) is 4.69. The van der Waals surface area contributed by atoms with Crippen molar-refractivity contribution in [2.45, 2.75) is 39.2 Å². The van der Waals surface area contributed by atoms with Crippen LogP contribution in [0.15, 0.2) is 24.3 Å². The first kappa shape index (κ1) is 14.0. The molecule has 1 aliphatic rings. The summed E-state index contributed by atoms with van der Waals surface area (Å²) in [6, 6.07) is 7.71. The topological polar surface area (TPSA) is 36.3 Å². The van der Waals surface area contributed by atoms with Crippen molar-refractivity contribution < 1.29 is 9.47 Å². The molecule has 3 rings (SSSR count). The number of aromatic nitrogens is 2. The third kappa shape index (κ3) is 3.04. The first-order chi connectivity index (χ1) is 10.3. The molecule has 4 heteroatoms. The van der Waals surface area contributed by atoms with Crippen LogP contribution in [0.3, 0.4) is 0 Å². The van der Waals surface area contributed by atoms with E-state index in [4.69, 9.17) is 14.5 Å². The lowest BCUT2D eigenvalue weighted by atomic mass is 10.0. The second-order valence-corrected chi connectivity index (χ2v) is 5.44. The van der Waals surface area contributed by atoms with E-state index in [1.54, 1.807) is 7.11 Å². The Hall–Kier alpha value is -1.97. The highest BCUT2D eigenvalue weighted by Crippen LogP contribution is 2.22. The quantitative estimate of drug-likeness (QED) is 0.847. The molecule has 0 saturated heterocycles. The highest BCUT2D eigenvalue weighted by molar-refractivity contribution is 5.31. The lowest BCUT2D eigenvalue weighted by Crippen LogP contribution is -2.14. The van der Waals surface area contributed by atoms with E-state index in [2.05, 4.69) is 11.5 Å². The maximum Gasteiger partial charge on any atom is 0.119 e. The van der Waals surface area contributed by atoms with Crippen LogP contribution in [0.2, 0.25) is 0 Å². The summed E-state index contributed by atoms with van der Waals surface area (Å²) in [5.74, 6) is 2.84. The largest absolute Gasteiger partial charge is 0.497 e. The molecule has 0 saturated carbocycles. The van der Waals surface area contributed by atoms with Gasteiger partial charge < -0.3 is 14.0 Å². The van der Waals surface area contributed by atoms with Gasteiger partial charge in [0, 0.05) is 5.69 Å². The monoisotopic (exact) mass is 286 g/mol. The minimum absolute atomic E-state index is 0.663. The molecule has 2 aromatic rings. The molecule has 1 aromatic heterocycles.